The van der Waals surface area contributed by atoms with E-state index in [1.165, 1.54) is 10.4 Å². The molecule has 21 heavy (non-hydrogen) atoms. The van der Waals surface area contributed by atoms with Crippen LogP contribution < -0.4 is 4.74 Å². The molecule has 1 aromatic heterocycles. The van der Waals surface area contributed by atoms with Crippen molar-refractivity contribution in [2.75, 3.05) is 13.7 Å². The Morgan fingerprint density at radius 3 is 2.62 bits per heavy atom. The number of carbonyl (C=O) groups excluding carboxylic acids is 1. The van der Waals surface area contributed by atoms with E-state index < -0.39 is 0 Å². The smallest absolute Gasteiger partial charge is 0.260 e. The van der Waals surface area contributed by atoms with Gasteiger partial charge in [0.1, 0.15) is 5.75 Å². The highest BCUT2D eigenvalue weighted by atomic mass is 32.1. The highest BCUT2D eigenvalue weighted by molar-refractivity contribution is 7.10. The Kier molecular flexibility index (Phi) is 5.02. The van der Waals surface area contributed by atoms with E-state index in [0.717, 1.165) is 16.9 Å². The molecule has 0 atom stereocenters. The van der Waals surface area contributed by atoms with Gasteiger partial charge in [0.15, 0.2) is 6.61 Å². The van der Waals surface area contributed by atoms with Crippen molar-refractivity contribution < 1.29 is 9.53 Å². The number of nitrogens with zero attached hydrogens (tertiary/aromatic N) is 1. The molecule has 0 aliphatic rings. The zero-order chi connectivity index (χ0) is 15.4. The summed E-state index contributed by atoms with van der Waals surface area (Å²) in [5, 5.41) is 2.05. The first-order valence-electron chi connectivity index (χ1n) is 6.94. The van der Waals surface area contributed by atoms with Crippen LogP contribution in [0.1, 0.15) is 21.6 Å². The van der Waals surface area contributed by atoms with Gasteiger partial charge in [0.05, 0.1) is 6.54 Å². The summed E-state index contributed by atoms with van der Waals surface area (Å²) >= 11 is 1.68. The van der Waals surface area contributed by atoms with Crippen LogP contribution >= 0.6 is 11.3 Å². The minimum absolute atomic E-state index is 0.0105. The van der Waals surface area contributed by atoms with E-state index in [1.54, 1.807) is 16.2 Å². The van der Waals surface area contributed by atoms with Crippen molar-refractivity contribution >= 4 is 17.2 Å². The maximum absolute atomic E-state index is 12.2. The van der Waals surface area contributed by atoms with E-state index in [1.807, 2.05) is 39.1 Å². The fraction of sp³-hybridized carbons (Fsp3) is 0.353. The molecule has 112 valence electrons. The number of hydrogen-bond acceptors (Lipinski definition) is 3. The van der Waals surface area contributed by atoms with Crippen molar-refractivity contribution in [3.05, 3.63) is 51.2 Å². The Balaban J connectivity index is 1.92. The summed E-state index contributed by atoms with van der Waals surface area (Å²) in [5.41, 5.74) is 3.41. The maximum Gasteiger partial charge on any atom is 0.260 e. The zero-order valence-electron chi connectivity index (χ0n) is 13.0. The molecule has 0 N–H and O–H groups in total. The molecule has 0 radical (unpaired) electrons. The van der Waals surface area contributed by atoms with E-state index >= 15 is 0 Å². The first-order chi connectivity index (χ1) is 9.97. The Bertz CT molecular complexity index is 633. The van der Waals surface area contributed by atoms with E-state index in [-0.39, 0.29) is 12.5 Å². The Morgan fingerprint density at radius 1 is 1.19 bits per heavy atom. The molecule has 4 heteroatoms. The molecule has 1 amide bonds. The number of aryl methyl sites for hydroxylation is 3. The van der Waals surface area contributed by atoms with Crippen LogP contribution in [-0.4, -0.2) is 24.5 Å². The molecule has 0 aliphatic heterocycles. The van der Waals surface area contributed by atoms with Crippen LogP contribution in [0.3, 0.4) is 0 Å². The monoisotopic (exact) mass is 303 g/mol. The Labute approximate surface area is 130 Å². The van der Waals surface area contributed by atoms with Crippen LogP contribution in [0.5, 0.6) is 5.75 Å². The van der Waals surface area contributed by atoms with Gasteiger partial charge in [0.2, 0.25) is 0 Å². The lowest BCUT2D eigenvalue weighted by Crippen LogP contribution is -2.31. The average molecular weight is 303 g/mol. The predicted octanol–water partition coefficient (Wildman–Crippen LogP) is 3.71. The van der Waals surface area contributed by atoms with Gasteiger partial charge in [-0.05, 0) is 55.0 Å². The molecule has 0 fully saturated rings. The van der Waals surface area contributed by atoms with Gasteiger partial charge in [-0.1, -0.05) is 12.1 Å². The van der Waals surface area contributed by atoms with Gasteiger partial charge in [-0.3, -0.25) is 4.79 Å². The summed E-state index contributed by atoms with van der Waals surface area (Å²) in [6.07, 6.45) is 0. The molecule has 0 bridgehead atoms. The fourth-order valence-electron chi connectivity index (χ4n) is 1.98. The summed E-state index contributed by atoms with van der Waals surface area (Å²) in [6, 6.07) is 8.08. The minimum atomic E-state index is -0.0105. The standard InChI is InChI=1S/C17H21NO2S/c1-12-5-6-13(2)15(9-12)20-11-17(19)18(4)10-16-14(3)7-8-21-16/h5-9H,10-11H2,1-4H3. The van der Waals surface area contributed by atoms with E-state index in [0.29, 0.717) is 6.54 Å². The third-order valence-corrected chi connectivity index (χ3v) is 4.48. The summed E-state index contributed by atoms with van der Waals surface area (Å²) in [6.45, 7) is 6.78. The summed E-state index contributed by atoms with van der Waals surface area (Å²) in [4.78, 5) is 15.1. The van der Waals surface area contributed by atoms with Crippen molar-refractivity contribution in [2.24, 2.45) is 0 Å². The average Bonchev–Trinajstić information content (AvgIpc) is 2.85. The Morgan fingerprint density at radius 2 is 1.95 bits per heavy atom. The fourth-order valence-corrected chi connectivity index (χ4v) is 2.94. The van der Waals surface area contributed by atoms with Gasteiger partial charge >= 0.3 is 0 Å². The summed E-state index contributed by atoms with van der Waals surface area (Å²) in [7, 11) is 1.81. The van der Waals surface area contributed by atoms with Gasteiger partial charge in [-0.15, -0.1) is 11.3 Å². The molecule has 0 unspecified atom stereocenters. The lowest BCUT2D eigenvalue weighted by molar-refractivity contribution is -0.132. The number of hydrogen-bond donors (Lipinski definition) is 0. The first kappa shape index (κ1) is 15.6. The third kappa shape index (κ3) is 4.08. The molecule has 1 aromatic carbocycles. The first-order valence-corrected chi connectivity index (χ1v) is 7.82. The SMILES string of the molecule is Cc1ccc(C)c(OCC(=O)N(C)Cc2sccc2C)c1. The normalized spacial score (nSPS) is 10.5. The minimum Gasteiger partial charge on any atom is -0.483 e. The number of thiophene rings is 1. The van der Waals surface area contributed by atoms with Gasteiger partial charge in [-0.25, -0.2) is 0 Å². The van der Waals surface area contributed by atoms with Gasteiger partial charge < -0.3 is 9.64 Å². The zero-order valence-corrected chi connectivity index (χ0v) is 13.8. The topological polar surface area (TPSA) is 29.5 Å². The van der Waals surface area contributed by atoms with Crippen molar-refractivity contribution in [1.29, 1.82) is 0 Å². The number of benzene rings is 1. The van der Waals surface area contributed by atoms with Crippen LogP contribution in [0.25, 0.3) is 0 Å². The molecule has 0 spiro atoms. The number of rotatable bonds is 5. The number of likely N-dealkylation sites (N-methyl/N-ethyl adjacent to an activating group) is 1. The molecular weight excluding hydrogens is 282 g/mol. The maximum atomic E-state index is 12.2. The van der Waals surface area contributed by atoms with Crippen molar-refractivity contribution in [3.8, 4) is 5.75 Å². The quantitative estimate of drug-likeness (QED) is 0.842. The van der Waals surface area contributed by atoms with Crippen LogP contribution in [0.15, 0.2) is 29.6 Å². The van der Waals surface area contributed by atoms with E-state index in [2.05, 4.69) is 18.4 Å². The lowest BCUT2D eigenvalue weighted by Gasteiger charge is -2.18. The molecule has 0 aliphatic carbocycles. The molecule has 2 rings (SSSR count). The second-order valence-corrected chi connectivity index (χ2v) is 6.33. The van der Waals surface area contributed by atoms with Crippen molar-refractivity contribution in [1.82, 2.24) is 4.90 Å². The third-order valence-electron chi connectivity index (χ3n) is 3.47. The largest absolute Gasteiger partial charge is 0.483 e. The van der Waals surface area contributed by atoms with Gasteiger partial charge in [0.25, 0.3) is 5.91 Å². The highest BCUT2D eigenvalue weighted by Crippen LogP contribution is 2.20. The molecule has 3 nitrogen and oxygen atoms in total. The number of carbonyl (C=O) groups is 1. The van der Waals surface area contributed by atoms with Crippen LogP contribution in [0.4, 0.5) is 0 Å². The van der Waals surface area contributed by atoms with Crippen molar-refractivity contribution in [2.45, 2.75) is 27.3 Å². The lowest BCUT2D eigenvalue weighted by atomic mass is 10.1. The number of ether oxygens (including phenoxy) is 1. The van der Waals surface area contributed by atoms with Crippen LogP contribution in [-0.2, 0) is 11.3 Å². The number of amides is 1. The molecule has 1 heterocycles. The van der Waals surface area contributed by atoms with Gasteiger partial charge in [0, 0.05) is 11.9 Å². The molecule has 0 saturated heterocycles. The second-order valence-electron chi connectivity index (χ2n) is 5.33. The van der Waals surface area contributed by atoms with Crippen LogP contribution in [0, 0.1) is 20.8 Å². The van der Waals surface area contributed by atoms with Crippen molar-refractivity contribution in [3.63, 3.8) is 0 Å². The van der Waals surface area contributed by atoms with Crippen LogP contribution in [0.2, 0.25) is 0 Å². The molecule has 0 saturated carbocycles. The summed E-state index contributed by atoms with van der Waals surface area (Å²) in [5.74, 6) is 0.771. The van der Waals surface area contributed by atoms with E-state index in [9.17, 15) is 4.79 Å². The van der Waals surface area contributed by atoms with E-state index in [4.69, 9.17) is 4.74 Å². The molecular formula is C17H21NO2S. The highest BCUT2D eigenvalue weighted by Gasteiger charge is 2.12. The summed E-state index contributed by atoms with van der Waals surface area (Å²) < 4.78 is 5.66. The Hall–Kier alpha value is -1.81. The second kappa shape index (κ2) is 6.76. The molecule has 2 aromatic rings. The van der Waals surface area contributed by atoms with Gasteiger partial charge in [-0.2, -0.15) is 0 Å². The predicted molar refractivity (Wildman–Crippen MR) is 86.9 cm³/mol.